The summed E-state index contributed by atoms with van der Waals surface area (Å²) in [7, 11) is -3.17. The topological polar surface area (TPSA) is 72.0 Å². The fourth-order valence-corrected chi connectivity index (χ4v) is 2.39. The average Bonchev–Trinajstić information content (AvgIpc) is 2.37. The number of aromatic nitrogens is 2. The second-order valence-electron chi connectivity index (χ2n) is 4.88. The van der Waals surface area contributed by atoms with Gasteiger partial charge in [-0.05, 0) is 26.0 Å². The highest BCUT2D eigenvalue weighted by molar-refractivity contribution is 7.90. The van der Waals surface area contributed by atoms with Crippen LogP contribution in [0.4, 0.5) is 5.82 Å². The Morgan fingerprint density at radius 1 is 1.10 bits per heavy atom. The highest BCUT2D eigenvalue weighted by atomic mass is 32.2. The molecule has 1 N–H and O–H groups in total. The van der Waals surface area contributed by atoms with E-state index in [-0.39, 0.29) is 6.04 Å². The van der Waals surface area contributed by atoms with Crippen molar-refractivity contribution >= 4 is 15.7 Å². The predicted molar refractivity (Wildman–Crippen MR) is 79.3 cm³/mol. The highest BCUT2D eigenvalue weighted by Gasteiger charge is 2.08. The first-order chi connectivity index (χ1) is 9.36. The van der Waals surface area contributed by atoms with Crippen molar-refractivity contribution < 1.29 is 8.42 Å². The SMILES string of the molecule is CC(C)Nc1cc(-c2ccc(S(C)(=O)=O)cc2)ncn1. The van der Waals surface area contributed by atoms with Crippen LogP contribution in [0.25, 0.3) is 11.3 Å². The zero-order valence-electron chi connectivity index (χ0n) is 11.7. The first-order valence-corrected chi connectivity index (χ1v) is 8.14. The Bertz CT molecular complexity index is 695. The van der Waals surface area contributed by atoms with Gasteiger partial charge in [0.2, 0.25) is 0 Å². The lowest BCUT2D eigenvalue weighted by atomic mass is 10.1. The molecule has 0 unspecified atom stereocenters. The molecule has 1 aromatic carbocycles. The average molecular weight is 291 g/mol. The van der Waals surface area contributed by atoms with Gasteiger partial charge in [-0.3, -0.25) is 0 Å². The molecule has 0 amide bonds. The number of hydrogen-bond acceptors (Lipinski definition) is 5. The van der Waals surface area contributed by atoms with Crippen LogP contribution in [0.2, 0.25) is 0 Å². The summed E-state index contributed by atoms with van der Waals surface area (Å²) in [6, 6.07) is 8.79. The fourth-order valence-electron chi connectivity index (χ4n) is 1.76. The van der Waals surface area contributed by atoms with Crippen molar-refractivity contribution in [2.45, 2.75) is 24.8 Å². The lowest BCUT2D eigenvalue weighted by Gasteiger charge is -2.09. The van der Waals surface area contributed by atoms with Crippen LogP contribution >= 0.6 is 0 Å². The number of rotatable bonds is 4. The number of nitrogens with zero attached hydrogens (tertiary/aromatic N) is 2. The van der Waals surface area contributed by atoms with Gasteiger partial charge in [-0.1, -0.05) is 12.1 Å². The minimum Gasteiger partial charge on any atom is -0.368 e. The summed E-state index contributed by atoms with van der Waals surface area (Å²) in [5.41, 5.74) is 1.61. The van der Waals surface area contributed by atoms with Crippen LogP contribution in [-0.2, 0) is 9.84 Å². The van der Waals surface area contributed by atoms with Gasteiger partial charge in [-0.25, -0.2) is 18.4 Å². The molecule has 5 nitrogen and oxygen atoms in total. The standard InChI is InChI=1S/C14H17N3O2S/c1-10(2)17-14-8-13(15-9-16-14)11-4-6-12(7-5-11)20(3,18)19/h4-10H,1-3H3,(H,15,16,17). The molecule has 0 aliphatic carbocycles. The van der Waals surface area contributed by atoms with Crippen LogP contribution in [0.3, 0.4) is 0 Å². The maximum absolute atomic E-state index is 11.4. The van der Waals surface area contributed by atoms with E-state index in [0.717, 1.165) is 17.1 Å². The number of sulfone groups is 1. The second-order valence-corrected chi connectivity index (χ2v) is 6.90. The van der Waals surface area contributed by atoms with E-state index >= 15 is 0 Å². The van der Waals surface area contributed by atoms with Crippen LogP contribution in [0.1, 0.15) is 13.8 Å². The van der Waals surface area contributed by atoms with E-state index in [4.69, 9.17) is 0 Å². The zero-order valence-corrected chi connectivity index (χ0v) is 12.5. The Labute approximate surface area is 119 Å². The van der Waals surface area contributed by atoms with Crippen molar-refractivity contribution in [2.75, 3.05) is 11.6 Å². The van der Waals surface area contributed by atoms with Gasteiger partial charge in [0.15, 0.2) is 9.84 Å². The molecule has 0 saturated carbocycles. The van der Waals surface area contributed by atoms with Crippen LogP contribution in [-0.4, -0.2) is 30.7 Å². The molecule has 106 valence electrons. The van der Waals surface area contributed by atoms with Crippen molar-refractivity contribution in [3.05, 3.63) is 36.7 Å². The quantitative estimate of drug-likeness (QED) is 0.936. The smallest absolute Gasteiger partial charge is 0.175 e. The first-order valence-electron chi connectivity index (χ1n) is 6.25. The number of anilines is 1. The number of hydrogen-bond donors (Lipinski definition) is 1. The Hall–Kier alpha value is -1.95. The Morgan fingerprint density at radius 2 is 1.75 bits per heavy atom. The first kappa shape index (κ1) is 14.5. The summed E-state index contributed by atoms with van der Waals surface area (Å²) in [6.45, 7) is 4.06. The summed E-state index contributed by atoms with van der Waals surface area (Å²) < 4.78 is 22.8. The molecule has 2 rings (SSSR count). The Balaban J connectivity index is 2.32. The fraction of sp³-hybridized carbons (Fsp3) is 0.286. The molecule has 0 fully saturated rings. The minimum atomic E-state index is -3.17. The molecule has 1 aromatic heterocycles. The van der Waals surface area contributed by atoms with Crippen LogP contribution < -0.4 is 5.32 Å². The van der Waals surface area contributed by atoms with Crippen LogP contribution in [0.15, 0.2) is 41.6 Å². The second kappa shape index (κ2) is 5.58. The maximum atomic E-state index is 11.4. The van der Waals surface area contributed by atoms with Gasteiger partial charge in [-0.15, -0.1) is 0 Å². The van der Waals surface area contributed by atoms with Gasteiger partial charge in [0.05, 0.1) is 10.6 Å². The van der Waals surface area contributed by atoms with E-state index in [9.17, 15) is 8.42 Å². The molecule has 1 heterocycles. The number of nitrogens with one attached hydrogen (secondary N) is 1. The molecule has 0 bridgehead atoms. The van der Waals surface area contributed by atoms with E-state index < -0.39 is 9.84 Å². The van der Waals surface area contributed by atoms with E-state index in [1.165, 1.54) is 12.6 Å². The van der Waals surface area contributed by atoms with Crippen molar-refractivity contribution in [3.8, 4) is 11.3 Å². The third-order valence-electron chi connectivity index (χ3n) is 2.68. The van der Waals surface area contributed by atoms with Crippen LogP contribution in [0, 0.1) is 0 Å². The van der Waals surface area contributed by atoms with Crippen molar-refractivity contribution in [1.82, 2.24) is 9.97 Å². The number of benzene rings is 1. The predicted octanol–water partition coefficient (Wildman–Crippen LogP) is 2.37. The normalized spacial score (nSPS) is 11.6. The lowest BCUT2D eigenvalue weighted by Crippen LogP contribution is -2.11. The van der Waals surface area contributed by atoms with E-state index in [1.807, 2.05) is 19.9 Å². The van der Waals surface area contributed by atoms with Crippen molar-refractivity contribution in [3.63, 3.8) is 0 Å². The molecule has 6 heteroatoms. The summed E-state index contributed by atoms with van der Waals surface area (Å²) in [6.07, 6.45) is 2.68. The molecule has 0 atom stereocenters. The van der Waals surface area contributed by atoms with Gasteiger partial charge >= 0.3 is 0 Å². The summed E-state index contributed by atoms with van der Waals surface area (Å²) in [5, 5.41) is 3.20. The summed E-state index contributed by atoms with van der Waals surface area (Å²) in [4.78, 5) is 8.65. The third kappa shape index (κ3) is 3.54. The molecular weight excluding hydrogens is 274 g/mol. The van der Waals surface area contributed by atoms with Gasteiger partial charge in [-0.2, -0.15) is 0 Å². The van der Waals surface area contributed by atoms with Gasteiger partial charge in [0.25, 0.3) is 0 Å². The largest absolute Gasteiger partial charge is 0.368 e. The minimum absolute atomic E-state index is 0.283. The monoisotopic (exact) mass is 291 g/mol. The van der Waals surface area contributed by atoms with E-state index in [2.05, 4.69) is 15.3 Å². The molecule has 0 spiro atoms. The molecule has 20 heavy (non-hydrogen) atoms. The van der Waals surface area contributed by atoms with Crippen molar-refractivity contribution in [1.29, 1.82) is 0 Å². The Kier molecular flexibility index (Phi) is 4.04. The van der Waals surface area contributed by atoms with E-state index in [0.29, 0.717) is 4.90 Å². The van der Waals surface area contributed by atoms with Gasteiger partial charge in [0, 0.05) is 23.9 Å². The van der Waals surface area contributed by atoms with Gasteiger partial charge < -0.3 is 5.32 Å². The summed E-state index contributed by atoms with van der Waals surface area (Å²) >= 11 is 0. The molecular formula is C14H17N3O2S. The highest BCUT2D eigenvalue weighted by Crippen LogP contribution is 2.21. The third-order valence-corrected chi connectivity index (χ3v) is 3.81. The summed E-state index contributed by atoms with van der Waals surface area (Å²) in [5.74, 6) is 0.747. The van der Waals surface area contributed by atoms with Crippen LogP contribution in [0.5, 0.6) is 0 Å². The van der Waals surface area contributed by atoms with E-state index in [1.54, 1.807) is 24.3 Å². The maximum Gasteiger partial charge on any atom is 0.175 e. The molecule has 0 radical (unpaired) electrons. The molecule has 2 aromatic rings. The van der Waals surface area contributed by atoms with Gasteiger partial charge in [0.1, 0.15) is 12.1 Å². The molecule has 0 saturated heterocycles. The molecule has 0 aliphatic rings. The molecule has 0 aliphatic heterocycles. The lowest BCUT2D eigenvalue weighted by molar-refractivity contribution is 0.602. The zero-order chi connectivity index (χ0) is 14.8. The Morgan fingerprint density at radius 3 is 2.30 bits per heavy atom. The van der Waals surface area contributed by atoms with Crippen molar-refractivity contribution in [2.24, 2.45) is 0 Å².